The van der Waals surface area contributed by atoms with E-state index in [0.717, 1.165) is 35.0 Å². The molecule has 2 aromatic carbocycles. The number of rotatable bonds is 5. The molecule has 2 aromatic rings. The summed E-state index contributed by atoms with van der Waals surface area (Å²) in [5.74, 6) is 3.92. The Morgan fingerprint density at radius 2 is 1.48 bits per heavy atom. The van der Waals surface area contributed by atoms with E-state index in [2.05, 4.69) is 25.1 Å². The molecule has 0 bridgehead atoms. The number of benzene rings is 2. The van der Waals surface area contributed by atoms with Gasteiger partial charge in [-0.2, -0.15) is 0 Å². The third kappa shape index (κ3) is 5.05. The van der Waals surface area contributed by atoms with Crippen molar-refractivity contribution in [2.75, 3.05) is 0 Å². The van der Waals surface area contributed by atoms with Gasteiger partial charge in [0.2, 0.25) is 0 Å². The average molecular weight is 451 g/mol. The molecule has 3 saturated carbocycles. The van der Waals surface area contributed by atoms with Gasteiger partial charge in [0.25, 0.3) is 0 Å². The largest absolute Gasteiger partial charge is 0.204 e. The van der Waals surface area contributed by atoms with Crippen molar-refractivity contribution in [3.63, 3.8) is 0 Å². The summed E-state index contributed by atoms with van der Waals surface area (Å²) in [6, 6.07) is 8.89. The van der Waals surface area contributed by atoms with E-state index in [1.165, 1.54) is 88.7 Å². The van der Waals surface area contributed by atoms with Gasteiger partial charge in [0, 0.05) is 5.39 Å². The summed E-state index contributed by atoms with van der Waals surface area (Å²) >= 11 is 0. The first-order valence-electron chi connectivity index (χ1n) is 13.6. The molecular weight excluding hydrogens is 410 g/mol. The molecule has 3 aliphatic carbocycles. The van der Waals surface area contributed by atoms with Crippen LogP contribution in [0.2, 0.25) is 0 Å². The molecule has 3 fully saturated rings. The lowest BCUT2D eigenvalue weighted by atomic mass is 9.60. The second-order valence-corrected chi connectivity index (χ2v) is 11.4. The van der Waals surface area contributed by atoms with Gasteiger partial charge in [0.05, 0.1) is 0 Å². The summed E-state index contributed by atoms with van der Waals surface area (Å²) < 4.78 is 27.6. The van der Waals surface area contributed by atoms with Crippen molar-refractivity contribution in [2.24, 2.45) is 29.6 Å². The van der Waals surface area contributed by atoms with Crippen molar-refractivity contribution in [2.45, 2.75) is 89.9 Å². The van der Waals surface area contributed by atoms with Gasteiger partial charge in [0.15, 0.2) is 11.6 Å². The highest BCUT2D eigenvalue weighted by Gasteiger charge is 2.38. The van der Waals surface area contributed by atoms with Crippen LogP contribution in [0.3, 0.4) is 0 Å². The molecule has 0 heterocycles. The van der Waals surface area contributed by atoms with E-state index in [1.807, 2.05) is 6.07 Å². The van der Waals surface area contributed by atoms with Crippen LogP contribution in [-0.4, -0.2) is 0 Å². The molecule has 4 unspecified atom stereocenters. The van der Waals surface area contributed by atoms with E-state index >= 15 is 0 Å². The van der Waals surface area contributed by atoms with Crippen LogP contribution in [0.5, 0.6) is 0 Å². The van der Waals surface area contributed by atoms with E-state index < -0.39 is 11.6 Å². The van der Waals surface area contributed by atoms with Gasteiger partial charge in [-0.3, -0.25) is 0 Å². The first kappa shape index (κ1) is 23.1. The van der Waals surface area contributed by atoms with E-state index in [9.17, 15) is 8.78 Å². The standard InChI is InChI=1S/C31H40F2/c1-2-3-4-5-21-6-7-27-19-25(13-12-24(27)18-21)22-8-10-23(11-9-22)26-14-16-29-28(20-26)15-17-30(32)31(29)33/h2-3,14-17,20-25,27H,4-13,18-19H2,1H3/b3-2+. The summed E-state index contributed by atoms with van der Waals surface area (Å²) in [5.41, 5.74) is 1.31. The summed E-state index contributed by atoms with van der Waals surface area (Å²) in [6.07, 6.45) is 21.2. The first-order chi connectivity index (χ1) is 16.1. The summed E-state index contributed by atoms with van der Waals surface area (Å²) in [6.45, 7) is 2.14. The molecule has 0 radical (unpaired) electrons. The maximum atomic E-state index is 14.1. The van der Waals surface area contributed by atoms with Crippen molar-refractivity contribution in [1.29, 1.82) is 0 Å². The van der Waals surface area contributed by atoms with Crippen molar-refractivity contribution < 1.29 is 8.78 Å². The highest BCUT2D eigenvalue weighted by atomic mass is 19.2. The van der Waals surface area contributed by atoms with Gasteiger partial charge in [-0.25, -0.2) is 8.78 Å². The molecule has 3 aliphatic rings. The Labute approximate surface area is 198 Å². The van der Waals surface area contributed by atoms with Gasteiger partial charge < -0.3 is 0 Å². The minimum atomic E-state index is -0.757. The maximum absolute atomic E-state index is 14.1. The van der Waals surface area contributed by atoms with Crippen LogP contribution in [0.4, 0.5) is 8.78 Å². The number of fused-ring (bicyclic) bond motifs is 2. The Balaban J connectivity index is 1.14. The van der Waals surface area contributed by atoms with E-state index in [1.54, 1.807) is 12.1 Å². The van der Waals surface area contributed by atoms with Gasteiger partial charge in [0.1, 0.15) is 0 Å². The molecule has 0 spiro atoms. The molecular formula is C31H40F2. The van der Waals surface area contributed by atoms with E-state index in [0.29, 0.717) is 11.3 Å². The van der Waals surface area contributed by atoms with Gasteiger partial charge >= 0.3 is 0 Å². The van der Waals surface area contributed by atoms with Crippen LogP contribution in [0, 0.1) is 41.2 Å². The quantitative estimate of drug-likeness (QED) is 0.398. The Hall–Kier alpha value is -1.70. The van der Waals surface area contributed by atoms with E-state index in [-0.39, 0.29) is 0 Å². The normalized spacial score (nSPS) is 32.8. The fourth-order valence-corrected chi connectivity index (χ4v) is 7.67. The molecule has 4 atom stereocenters. The second-order valence-electron chi connectivity index (χ2n) is 11.4. The summed E-state index contributed by atoms with van der Waals surface area (Å²) in [4.78, 5) is 0. The van der Waals surface area contributed by atoms with Gasteiger partial charge in [-0.15, -0.1) is 0 Å². The Morgan fingerprint density at radius 3 is 2.27 bits per heavy atom. The second kappa shape index (κ2) is 10.3. The number of allylic oxidation sites excluding steroid dienone is 2. The Morgan fingerprint density at radius 1 is 0.788 bits per heavy atom. The van der Waals surface area contributed by atoms with Crippen molar-refractivity contribution in [1.82, 2.24) is 0 Å². The zero-order valence-electron chi connectivity index (χ0n) is 20.2. The molecule has 0 amide bonds. The van der Waals surface area contributed by atoms with Gasteiger partial charge in [-0.05, 0) is 130 Å². The molecule has 0 aromatic heterocycles. The topological polar surface area (TPSA) is 0 Å². The monoisotopic (exact) mass is 450 g/mol. The van der Waals surface area contributed by atoms with Crippen LogP contribution in [0.25, 0.3) is 10.8 Å². The van der Waals surface area contributed by atoms with Crippen LogP contribution in [0.15, 0.2) is 42.5 Å². The van der Waals surface area contributed by atoms with Crippen LogP contribution in [-0.2, 0) is 0 Å². The number of hydrogen-bond acceptors (Lipinski definition) is 0. The van der Waals surface area contributed by atoms with Crippen LogP contribution in [0.1, 0.15) is 95.5 Å². The summed E-state index contributed by atoms with van der Waals surface area (Å²) in [7, 11) is 0. The molecule has 2 heteroatoms. The zero-order valence-corrected chi connectivity index (χ0v) is 20.2. The van der Waals surface area contributed by atoms with Crippen molar-refractivity contribution in [3.05, 3.63) is 59.7 Å². The van der Waals surface area contributed by atoms with E-state index in [4.69, 9.17) is 0 Å². The zero-order chi connectivity index (χ0) is 22.8. The highest BCUT2D eigenvalue weighted by Crippen LogP contribution is 2.50. The van der Waals surface area contributed by atoms with Gasteiger partial charge in [-0.1, -0.05) is 42.8 Å². The molecule has 0 nitrogen and oxygen atoms in total. The third-order valence-electron chi connectivity index (χ3n) is 9.58. The molecule has 178 valence electrons. The number of halogens is 2. The SMILES string of the molecule is C/C=C/CCC1CCC2CC(C3CCC(c4ccc5c(F)c(F)ccc5c4)CC3)CCC2C1. The third-order valence-corrected chi connectivity index (χ3v) is 9.58. The van der Waals surface area contributed by atoms with Crippen molar-refractivity contribution in [3.8, 4) is 0 Å². The molecule has 5 rings (SSSR count). The lowest BCUT2D eigenvalue weighted by Crippen LogP contribution is -2.34. The highest BCUT2D eigenvalue weighted by molar-refractivity contribution is 5.84. The molecule has 33 heavy (non-hydrogen) atoms. The minimum absolute atomic E-state index is 0.403. The smallest absolute Gasteiger partial charge is 0.166 e. The number of hydrogen-bond donors (Lipinski definition) is 0. The Bertz CT molecular complexity index is 968. The lowest BCUT2D eigenvalue weighted by Gasteiger charge is -2.45. The fraction of sp³-hybridized carbons (Fsp3) is 0.613. The molecule has 0 N–H and O–H groups in total. The minimum Gasteiger partial charge on any atom is -0.204 e. The predicted molar refractivity (Wildman–Crippen MR) is 134 cm³/mol. The average Bonchev–Trinajstić information content (AvgIpc) is 2.86. The maximum Gasteiger partial charge on any atom is 0.166 e. The molecule has 0 aliphatic heterocycles. The lowest BCUT2D eigenvalue weighted by molar-refractivity contribution is 0.0621. The molecule has 0 saturated heterocycles. The van der Waals surface area contributed by atoms with Crippen LogP contribution >= 0.6 is 0 Å². The first-order valence-corrected chi connectivity index (χ1v) is 13.6. The fourth-order valence-electron chi connectivity index (χ4n) is 7.67. The van der Waals surface area contributed by atoms with Crippen LogP contribution < -0.4 is 0 Å². The Kier molecular flexibility index (Phi) is 7.18. The summed E-state index contributed by atoms with van der Waals surface area (Å²) in [5, 5.41) is 1.23. The van der Waals surface area contributed by atoms with Crippen molar-refractivity contribution >= 4 is 10.8 Å². The predicted octanol–water partition coefficient (Wildman–Crippen LogP) is 9.58.